The van der Waals surface area contributed by atoms with Gasteiger partial charge in [0.15, 0.2) is 0 Å². The van der Waals surface area contributed by atoms with Crippen molar-refractivity contribution in [2.75, 3.05) is 11.9 Å². The van der Waals surface area contributed by atoms with Crippen LogP contribution in [0.4, 0.5) is 10.5 Å². The van der Waals surface area contributed by atoms with Gasteiger partial charge in [0.25, 0.3) is 0 Å². The van der Waals surface area contributed by atoms with Gasteiger partial charge in [-0.2, -0.15) is 0 Å². The van der Waals surface area contributed by atoms with Gasteiger partial charge >= 0.3 is 6.03 Å². The second kappa shape index (κ2) is 6.14. The minimum atomic E-state index is -0.186. The van der Waals surface area contributed by atoms with E-state index in [2.05, 4.69) is 10.6 Å². The molecule has 0 saturated carbocycles. The summed E-state index contributed by atoms with van der Waals surface area (Å²) < 4.78 is 5.59. The lowest BCUT2D eigenvalue weighted by Gasteiger charge is -2.20. The highest BCUT2D eigenvalue weighted by Gasteiger charge is 2.23. The lowest BCUT2D eigenvalue weighted by atomic mass is 10.1. The molecule has 2 N–H and O–H groups in total. The van der Waals surface area contributed by atoms with E-state index in [9.17, 15) is 4.79 Å². The molecule has 2 amide bonds. The van der Waals surface area contributed by atoms with Crippen molar-refractivity contribution in [3.8, 4) is 0 Å². The van der Waals surface area contributed by atoms with Gasteiger partial charge < -0.3 is 15.4 Å². The molecule has 1 saturated heterocycles. The molecule has 110 valence electrons. The average molecular weight is 284 g/mol. The van der Waals surface area contributed by atoms with Gasteiger partial charge in [-0.15, -0.1) is 0 Å². The molecule has 1 aliphatic heterocycles. The first kappa shape index (κ1) is 13.9. The number of benzene rings is 2. The molecule has 1 aliphatic rings. The van der Waals surface area contributed by atoms with E-state index in [4.69, 9.17) is 4.74 Å². The van der Waals surface area contributed by atoms with E-state index >= 15 is 0 Å². The molecule has 0 aromatic heterocycles. The first-order valence-electron chi connectivity index (χ1n) is 7.41. The lowest BCUT2D eigenvalue weighted by Crippen LogP contribution is -2.43. The van der Waals surface area contributed by atoms with Crippen LogP contribution in [0, 0.1) is 0 Å². The molecule has 21 heavy (non-hydrogen) atoms. The Morgan fingerprint density at radius 3 is 2.86 bits per heavy atom. The number of hydrogen-bond donors (Lipinski definition) is 2. The van der Waals surface area contributed by atoms with Crippen LogP contribution in [0.2, 0.25) is 0 Å². The Hall–Kier alpha value is -2.07. The second-order valence-electron chi connectivity index (χ2n) is 5.47. The van der Waals surface area contributed by atoms with Gasteiger partial charge in [0, 0.05) is 12.0 Å². The molecule has 0 unspecified atom stereocenters. The van der Waals surface area contributed by atoms with Gasteiger partial charge in [-0.05, 0) is 31.2 Å². The van der Waals surface area contributed by atoms with Crippen molar-refractivity contribution < 1.29 is 9.53 Å². The topological polar surface area (TPSA) is 50.4 Å². The van der Waals surface area contributed by atoms with Crippen LogP contribution in [0.15, 0.2) is 42.5 Å². The third-order valence-corrected chi connectivity index (χ3v) is 3.92. The van der Waals surface area contributed by atoms with Crippen LogP contribution in [0.5, 0.6) is 0 Å². The Labute approximate surface area is 124 Å². The van der Waals surface area contributed by atoms with Gasteiger partial charge in [0.1, 0.15) is 0 Å². The third-order valence-electron chi connectivity index (χ3n) is 3.92. The summed E-state index contributed by atoms with van der Waals surface area (Å²) in [6.45, 7) is 2.78. The van der Waals surface area contributed by atoms with Crippen molar-refractivity contribution >= 4 is 22.5 Å². The summed E-state index contributed by atoms with van der Waals surface area (Å²) >= 11 is 0. The largest absolute Gasteiger partial charge is 0.376 e. The normalized spacial score (nSPS) is 19.4. The first-order valence-corrected chi connectivity index (χ1v) is 7.41. The maximum Gasteiger partial charge on any atom is 0.319 e. The molecular weight excluding hydrogens is 264 g/mol. The van der Waals surface area contributed by atoms with Crippen molar-refractivity contribution in [1.82, 2.24) is 5.32 Å². The molecule has 1 heterocycles. The van der Waals surface area contributed by atoms with Gasteiger partial charge in [0.2, 0.25) is 0 Å². The van der Waals surface area contributed by atoms with Crippen molar-refractivity contribution in [1.29, 1.82) is 0 Å². The summed E-state index contributed by atoms with van der Waals surface area (Å²) in [5.41, 5.74) is 0.824. The van der Waals surface area contributed by atoms with Crippen molar-refractivity contribution in [2.24, 2.45) is 0 Å². The summed E-state index contributed by atoms with van der Waals surface area (Å²) in [5, 5.41) is 8.05. The number of anilines is 1. The summed E-state index contributed by atoms with van der Waals surface area (Å²) in [4.78, 5) is 12.1. The second-order valence-corrected chi connectivity index (χ2v) is 5.47. The predicted octanol–water partition coefficient (Wildman–Crippen LogP) is 3.53. The van der Waals surface area contributed by atoms with Crippen LogP contribution >= 0.6 is 0 Å². The van der Waals surface area contributed by atoms with Gasteiger partial charge in [-0.3, -0.25) is 0 Å². The molecule has 4 heteroatoms. The molecular formula is C17H20N2O2. The maximum atomic E-state index is 12.1. The van der Waals surface area contributed by atoms with E-state index in [0.29, 0.717) is 0 Å². The molecule has 2 aromatic carbocycles. The minimum absolute atomic E-state index is 0.0162. The summed E-state index contributed by atoms with van der Waals surface area (Å²) in [7, 11) is 0. The Balaban J connectivity index is 1.68. The Bertz CT molecular complexity index is 630. The number of hydrogen-bond acceptors (Lipinski definition) is 2. The van der Waals surface area contributed by atoms with Crippen LogP contribution in [0.25, 0.3) is 10.8 Å². The lowest BCUT2D eigenvalue weighted by molar-refractivity contribution is 0.0868. The average Bonchev–Trinajstić information content (AvgIpc) is 3.02. The third kappa shape index (κ3) is 3.16. The van der Waals surface area contributed by atoms with E-state index in [1.165, 1.54) is 0 Å². The fourth-order valence-electron chi connectivity index (χ4n) is 2.79. The first-order chi connectivity index (χ1) is 10.2. The highest BCUT2D eigenvalue weighted by atomic mass is 16.5. The zero-order valence-electron chi connectivity index (χ0n) is 12.1. The molecule has 1 fully saturated rings. The number of fused-ring (bicyclic) bond motifs is 1. The molecule has 2 atom stereocenters. The van der Waals surface area contributed by atoms with Gasteiger partial charge in [-0.25, -0.2) is 4.79 Å². The molecule has 3 rings (SSSR count). The van der Waals surface area contributed by atoms with Crippen LogP contribution in [0.3, 0.4) is 0 Å². The van der Waals surface area contributed by atoms with Crippen LogP contribution < -0.4 is 10.6 Å². The monoisotopic (exact) mass is 284 g/mol. The summed E-state index contributed by atoms with van der Waals surface area (Å²) in [6, 6.07) is 13.7. The van der Waals surface area contributed by atoms with Crippen LogP contribution in [-0.4, -0.2) is 24.8 Å². The molecule has 4 nitrogen and oxygen atoms in total. The fourth-order valence-corrected chi connectivity index (χ4v) is 2.79. The van der Waals surface area contributed by atoms with E-state index in [0.717, 1.165) is 35.9 Å². The zero-order chi connectivity index (χ0) is 14.7. The number of nitrogens with one attached hydrogen (secondary N) is 2. The number of carbonyl (C=O) groups excluding carboxylic acids is 1. The van der Waals surface area contributed by atoms with E-state index in [1.807, 2.05) is 49.4 Å². The fraction of sp³-hybridized carbons (Fsp3) is 0.353. The van der Waals surface area contributed by atoms with Gasteiger partial charge in [0.05, 0.1) is 17.8 Å². The standard InChI is InChI=1S/C17H20N2O2/c1-12(16-10-5-11-21-16)18-17(20)19-15-9-4-7-13-6-2-3-8-14(13)15/h2-4,6-9,12,16H,5,10-11H2,1H3,(H2,18,19,20)/t12-,16-/m0/s1. The van der Waals surface area contributed by atoms with Gasteiger partial charge in [-0.1, -0.05) is 36.4 Å². The van der Waals surface area contributed by atoms with Crippen LogP contribution in [-0.2, 0) is 4.74 Å². The Morgan fingerprint density at radius 1 is 1.24 bits per heavy atom. The molecule has 0 spiro atoms. The molecule has 2 aromatic rings. The SMILES string of the molecule is C[C@H](NC(=O)Nc1cccc2ccccc12)[C@@H]1CCCO1. The van der Waals surface area contributed by atoms with Crippen molar-refractivity contribution in [2.45, 2.75) is 31.9 Å². The number of urea groups is 1. The predicted molar refractivity (Wildman–Crippen MR) is 84.5 cm³/mol. The number of carbonyl (C=O) groups is 1. The molecule has 0 bridgehead atoms. The Kier molecular flexibility index (Phi) is 4.06. The highest BCUT2D eigenvalue weighted by Crippen LogP contribution is 2.23. The maximum absolute atomic E-state index is 12.1. The van der Waals surface area contributed by atoms with E-state index in [1.54, 1.807) is 0 Å². The summed E-state index contributed by atoms with van der Waals surface area (Å²) in [6.07, 6.45) is 2.21. The smallest absolute Gasteiger partial charge is 0.319 e. The Morgan fingerprint density at radius 2 is 2.05 bits per heavy atom. The zero-order valence-corrected chi connectivity index (χ0v) is 12.1. The number of ether oxygens (including phenoxy) is 1. The molecule has 0 radical (unpaired) electrons. The van der Waals surface area contributed by atoms with E-state index in [-0.39, 0.29) is 18.2 Å². The molecule has 0 aliphatic carbocycles. The summed E-state index contributed by atoms with van der Waals surface area (Å²) in [5.74, 6) is 0. The number of amides is 2. The van der Waals surface area contributed by atoms with E-state index < -0.39 is 0 Å². The number of rotatable bonds is 3. The highest BCUT2D eigenvalue weighted by molar-refractivity contribution is 6.01. The quantitative estimate of drug-likeness (QED) is 0.906. The van der Waals surface area contributed by atoms with Crippen molar-refractivity contribution in [3.05, 3.63) is 42.5 Å². The van der Waals surface area contributed by atoms with Crippen LogP contribution in [0.1, 0.15) is 19.8 Å². The van der Waals surface area contributed by atoms with Crippen molar-refractivity contribution in [3.63, 3.8) is 0 Å². The minimum Gasteiger partial charge on any atom is -0.376 e.